The van der Waals surface area contributed by atoms with Gasteiger partial charge >= 0.3 is 5.97 Å². The third-order valence-electron chi connectivity index (χ3n) is 5.09. The van der Waals surface area contributed by atoms with Crippen LogP contribution in [0.25, 0.3) is 0 Å². The number of aliphatic carboxylic acids is 1. The lowest BCUT2D eigenvalue weighted by Gasteiger charge is -2.25. The standard InChI is InChI=1S/C8H15NO2.C8H17NO/c9-5-6-1-3-7(4-2-6)8(10)11;9-5-7-1-3-8(6-10)4-2-7/h6-7H,1-5,9H2,(H,10,11);7-8,10H,1-6,9H2. The Kier molecular flexibility index (Phi) is 8.88. The molecule has 2 saturated carbocycles. The fourth-order valence-electron chi connectivity index (χ4n) is 3.29. The number of rotatable bonds is 4. The molecule has 6 N–H and O–H groups in total. The van der Waals surface area contributed by atoms with Crippen molar-refractivity contribution in [1.29, 1.82) is 0 Å². The molecule has 0 amide bonds. The summed E-state index contributed by atoms with van der Waals surface area (Å²) in [5, 5.41) is 17.5. The first-order chi connectivity index (χ1) is 10.1. The van der Waals surface area contributed by atoms with E-state index in [2.05, 4.69) is 0 Å². The molecule has 0 aliphatic heterocycles. The number of carbonyl (C=O) groups is 1. The summed E-state index contributed by atoms with van der Waals surface area (Å²) < 4.78 is 0. The maximum atomic E-state index is 10.5. The second-order valence-electron chi connectivity index (χ2n) is 6.60. The maximum absolute atomic E-state index is 10.5. The fraction of sp³-hybridized carbons (Fsp3) is 0.938. The van der Waals surface area contributed by atoms with Crippen molar-refractivity contribution in [1.82, 2.24) is 0 Å². The number of carboxylic acid groups (broad SMARTS) is 1. The third-order valence-corrected chi connectivity index (χ3v) is 5.09. The van der Waals surface area contributed by atoms with E-state index in [1.54, 1.807) is 0 Å². The van der Waals surface area contributed by atoms with Crippen LogP contribution in [0.3, 0.4) is 0 Å². The minimum atomic E-state index is -0.638. The zero-order valence-corrected chi connectivity index (χ0v) is 13.0. The van der Waals surface area contributed by atoms with Crippen LogP contribution in [0, 0.1) is 23.7 Å². The molecule has 2 rings (SSSR count). The Morgan fingerprint density at radius 3 is 1.52 bits per heavy atom. The average molecular weight is 300 g/mol. The minimum Gasteiger partial charge on any atom is -0.481 e. The van der Waals surface area contributed by atoms with E-state index in [1.165, 1.54) is 25.7 Å². The van der Waals surface area contributed by atoms with Crippen molar-refractivity contribution in [3.8, 4) is 0 Å². The van der Waals surface area contributed by atoms with Gasteiger partial charge in [0, 0.05) is 6.61 Å². The van der Waals surface area contributed by atoms with Crippen LogP contribution >= 0.6 is 0 Å². The van der Waals surface area contributed by atoms with E-state index in [0.29, 0.717) is 25.0 Å². The summed E-state index contributed by atoms with van der Waals surface area (Å²) in [6, 6.07) is 0. The normalized spacial score (nSPS) is 32.9. The Hall–Kier alpha value is -0.650. The van der Waals surface area contributed by atoms with Gasteiger partial charge in [-0.2, -0.15) is 0 Å². The van der Waals surface area contributed by atoms with Gasteiger partial charge in [0.15, 0.2) is 0 Å². The predicted molar refractivity (Wildman–Crippen MR) is 83.7 cm³/mol. The highest BCUT2D eigenvalue weighted by Gasteiger charge is 2.24. The van der Waals surface area contributed by atoms with Gasteiger partial charge < -0.3 is 21.7 Å². The molecule has 5 nitrogen and oxygen atoms in total. The first-order valence-corrected chi connectivity index (χ1v) is 8.34. The largest absolute Gasteiger partial charge is 0.481 e. The molecule has 21 heavy (non-hydrogen) atoms. The number of aliphatic hydroxyl groups is 1. The second kappa shape index (κ2) is 10.1. The molecule has 2 aliphatic carbocycles. The predicted octanol–water partition coefficient (Wildman–Crippen LogP) is 1.58. The highest BCUT2D eigenvalue weighted by Crippen LogP contribution is 2.28. The Morgan fingerprint density at radius 1 is 0.810 bits per heavy atom. The van der Waals surface area contributed by atoms with Crippen LogP contribution in [0.15, 0.2) is 0 Å². The molecule has 0 heterocycles. The van der Waals surface area contributed by atoms with E-state index >= 15 is 0 Å². The quantitative estimate of drug-likeness (QED) is 0.630. The number of aliphatic hydroxyl groups excluding tert-OH is 1. The van der Waals surface area contributed by atoms with Gasteiger partial charge in [-0.05, 0) is 82.2 Å². The number of hydrogen-bond donors (Lipinski definition) is 4. The van der Waals surface area contributed by atoms with Crippen molar-refractivity contribution in [3.63, 3.8) is 0 Å². The van der Waals surface area contributed by atoms with Crippen LogP contribution in [0.5, 0.6) is 0 Å². The second-order valence-corrected chi connectivity index (χ2v) is 6.60. The van der Waals surface area contributed by atoms with Crippen LogP contribution in [-0.4, -0.2) is 35.9 Å². The highest BCUT2D eigenvalue weighted by molar-refractivity contribution is 5.69. The van der Waals surface area contributed by atoms with E-state index in [-0.39, 0.29) is 5.92 Å². The Balaban J connectivity index is 0.000000211. The van der Waals surface area contributed by atoms with Crippen LogP contribution < -0.4 is 11.5 Å². The van der Waals surface area contributed by atoms with E-state index in [4.69, 9.17) is 21.7 Å². The third kappa shape index (κ3) is 6.76. The molecule has 0 atom stereocenters. The summed E-state index contributed by atoms with van der Waals surface area (Å²) in [6.45, 7) is 1.92. The molecule has 124 valence electrons. The zero-order valence-electron chi connectivity index (χ0n) is 13.0. The van der Waals surface area contributed by atoms with E-state index < -0.39 is 5.97 Å². The molecule has 0 bridgehead atoms. The number of nitrogens with two attached hydrogens (primary N) is 2. The van der Waals surface area contributed by atoms with Crippen molar-refractivity contribution in [3.05, 3.63) is 0 Å². The van der Waals surface area contributed by atoms with E-state index in [0.717, 1.165) is 38.1 Å². The van der Waals surface area contributed by atoms with Gasteiger partial charge in [0.25, 0.3) is 0 Å². The lowest BCUT2D eigenvalue weighted by Crippen LogP contribution is -2.25. The molecular formula is C16H32N2O3. The number of hydrogen-bond acceptors (Lipinski definition) is 4. The SMILES string of the molecule is NCC1CCC(C(=O)O)CC1.NCC1CCC(CO)CC1. The Labute approximate surface area is 128 Å². The first kappa shape index (κ1) is 18.4. The molecule has 0 aromatic carbocycles. The molecule has 0 saturated heterocycles. The molecule has 0 radical (unpaired) electrons. The van der Waals surface area contributed by atoms with E-state index in [9.17, 15) is 4.79 Å². The summed E-state index contributed by atoms with van der Waals surface area (Å²) in [5.41, 5.74) is 11.0. The average Bonchev–Trinajstić information content (AvgIpc) is 2.55. The summed E-state index contributed by atoms with van der Waals surface area (Å²) in [7, 11) is 0. The van der Waals surface area contributed by atoms with Gasteiger partial charge in [0.05, 0.1) is 5.92 Å². The van der Waals surface area contributed by atoms with Crippen LogP contribution in [0.4, 0.5) is 0 Å². The smallest absolute Gasteiger partial charge is 0.306 e. The van der Waals surface area contributed by atoms with E-state index in [1.807, 2.05) is 0 Å². The van der Waals surface area contributed by atoms with Crippen molar-refractivity contribution in [2.24, 2.45) is 35.1 Å². The van der Waals surface area contributed by atoms with Gasteiger partial charge in [-0.1, -0.05) is 0 Å². The lowest BCUT2D eigenvalue weighted by atomic mass is 9.82. The molecule has 0 spiro atoms. The summed E-state index contributed by atoms with van der Waals surface area (Å²) in [4.78, 5) is 10.5. The topological polar surface area (TPSA) is 110 Å². The minimum absolute atomic E-state index is 0.0993. The van der Waals surface area contributed by atoms with Crippen molar-refractivity contribution >= 4 is 5.97 Å². The number of carboxylic acids is 1. The van der Waals surface area contributed by atoms with Gasteiger partial charge in [-0.15, -0.1) is 0 Å². The summed E-state index contributed by atoms with van der Waals surface area (Å²) >= 11 is 0. The Bertz CT molecular complexity index is 271. The molecular weight excluding hydrogens is 268 g/mol. The molecule has 0 unspecified atom stereocenters. The summed E-state index contributed by atoms with van der Waals surface area (Å²) in [6.07, 6.45) is 8.43. The van der Waals surface area contributed by atoms with Gasteiger partial charge in [-0.3, -0.25) is 4.79 Å². The first-order valence-electron chi connectivity index (χ1n) is 8.34. The highest BCUT2D eigenvalue weighted by atomic mass is 16.4. The monoisotopic (exact) mass is 300 g/mol. The van der Waals surface area contributed by atoms with Gasteiger partial charge in [0.2, 0.25) is 0 Å². The van der Waals surface area contributed by atoms with Gasteiger partial charge in [0.1, 0.15) is 0 Å². The Morgan fingerprint density at radius 2 is 1.19 bits per heavy atom. The zero-order chi connectivity index (χ0) is 15.7. The van der Waals surface area contributed by atoms with Crippen LogP contribution in [-0.2, 0) is 4.79 Å². The molecule has 0 aromatic heterocycles. The van der Waals surface area contributed by atoms with Crippen molar-refractivity contribution < 1.29 is 15.0 Å². The lowest BCUT2D eigenvalue weighted by molar-refractivity contribution is -0.143. The fourth-order valence-corrected chi connectivity index (χ4v) is 3.29. The van der Waals surface area contributed by atoms with Crippen molar-refractivity contribution in [2.45, 2.75) is 51.4 Å². The van der Waals surface area contributed by atoms with Crippen LogP contribution in [0.1, 0.15) is 51.4 Å². The molecule has 2 aliphatic rings. The van der Waals surface area contributed by atoms with Gasteiger partial charge in [-0.25, -0.2) is 0 Å². The summed E-state index contributed by atoms with van der Waals surface area (Å²) in [5.74, 6) is 1.15. The molecule has 5 heteroatoms. The van der Waals surface area contributed by atoms with Crippen LogP contribution in [0.2, 0.25) is 0 Å². The maximum Gasteiger partial charge on any atom is 0.306 e. The molecule has 0 aromatic rings. The molecule has 2 fully saturated rings. The van der Waals surface area contributed by atoms with Crippen molar-refractivity contribution in [2.75, 3.05) is 19.7 Å².